The number of nitrogens with zero attached hydrogens (tertiary/aromatic N) is 2. The number of imide groups is 1. The molecule has 0 bridgehead atoms. The Bertz CT molecular complexity index is 1430. The van der Waals surface area contributed by atoms with Crippen LogP contribution >= 0.6 is 0 Å². The van der Waals surface area contributed by atoms with Gasteiger partial charge in [0.15, 0.2) is 0 Å². The Labute approximate surface area is 172 Å². The fourth-order valence-electron chi connectivity index (χ4n) is 4.45. The number of para-hydroxylation sites is 3. The number of amides is 2. The molecule has 1 aromatic heterocycles. The van der Waals surface area contributed by atoms with E-state index in [0.717, 1.165) is 27.5 Å². The average Bonchev–Trinajstić information content (AvgIpc) is 3.26. The molecular weight excluding hydrogens is 372 g/mol. The monoisotopic (exact) mass is 388 g/mol. The number of hydrogen-bond acceptors (Lipinski definition) is 2. The van der Waals surface area contributed by atoms with Crippen LogP contribution in [0.2, 0.25) is 0 Å². The predicted octanol–water partition coefficient (Wildman–Crippen LogP) is 5.58. The van der Waals surface area contributed by atoms with Gasteiger partial charge in [-0.1, -0.05) is 60.7 Å². The van der Waals surface area contributed by atoms with Crippen molar-refractivity contribution in [1.82, 2.24) is 4.57 Å². The molecule has 0 spiro atoms. The van der Waals surface area contributed by atoms with Gasteiger partial charge in [0.05, 0.1) is 33.5 Å². The summed E-state index contributed by atoms with van der Waals surface area (Å²) in [6, 6.07) is 30.8. The molecule has 4 nitrogen and oxygen atoms in total. The Hall–Kier alpha value is -4.18. The maximum absolute atomic E-state index is 13.5. The molecule has 4 aromatic carbocycles. The lowest BCUT2D eigenvalue weighted by molar-refractivity contribution is 0.0926. The minimum Gasteiger partial charge on any atom is -0.308 e. The third-order valence-corrected chi connectivity index (χ3v) is 5.73. The second-order valence-electron chi connectivity index (χ2n) is 7.35. The number of anilines is 1. The molecule has 0 unspecified atom stereocenters. The van der Waals surface area contributed by atoms with Crippen molar-refractivity contribution in [1.29, 1.82) is 0 Å². The van der Waals surface area contributed by atoms with E-state index in [-0.39, 0.29) is 11.8 Å². The minimum atomic E-state index is -0.293. The number of benzene rings is 4. The van der Waals surface area contributed by atoms with Gasteiger partial charge in [-0.05, 0) is 36.4 Å². The second kappa shape index (κ2) is 6.16. The molecule has 6 rings (SSSR count). The molecule has 0 radical (unpaired) electrons. The van der Waals surface area contributed by atoms with Crippen molar-refractivity contribution in [2.24, 2.45) is 0 Å². The first-order valence-electron chi connectivity index (χ1n) is 9.81. The van der Waals surface area contributed by atoms with Gasteiger partial charge in [0.25, 0.3) is 11.8 Å². The zero-order valence-corrected chi connectivity index (χ0v) is 15.9. The number of carbonyl (C=O) groups is 2. The van der Waals surface area contributed by atoms with E-state index in [0.29, 0.717) is 16.8 Å². The van der Waals surface area contributed by atoms with Crippen LogP contribution in [0.1, 0.15) is 20.7 Å². The summed E-state index contributed by atoms with van der Waals surface area (Å²) >= 11 is 0. The molecule has 30 heavy (non-hydrogen) atoms. The first kappa shape index (κ1) is 16.7. The highest BCUT2D eigenvalue weighted by Gasteiger charge is 2.39. The number of fused-ring (bicyclic) bond motifs is 4. The van der Waals surface area contributed by atoms with Crippen LogP contribution in [-0.4, -0.2) is 16.4 Å². The maximum atomic E-state index is 13.5. The molecule has 1 aliphatic heterocycles. The van der Waals surface area contributed by atoms with Gasteiger partial charge in [0.2, 0.25) is 0 Å². The highest BCUT2D eigenvalue weighted by molar-refractivity contribution is 6.35. The van der Waals surface area contributed by atoms with Crippen LogP contribution in [0, 0.1) is 0 Å². The molecule has 0 N–H and O–H groups in total. The first-order chi connectivity index (χ1) is 14.8. The summed E-state index contributed by atoms with van der Waals surface area (Å²) in [5.74, 6) is -0.581. The van der Waals surface area contributed by atoms with Crippen LogP contribution in [0.15, 0.2) is 97.1 Å². The smallest absolute Gasteiger partial charge is 0.268 e. The average molecular weight is 388 g/mol. The summed E-state index contributed by atoms with van der Waals surface area (Å²) in [5, 5.41) is 2.23. The largest absolute Gasteiger partial charge is 0.308 e. The van der Waals surface area contributed by atoms with Crippen molar-refractivity contribution in [3.63, 3.8) is 0 Å². The second-order valence-corrected chi connectivity index (χ2v) is 7.35. The molecule has 0 fully saturated rings. The lowest BCUT2D eigenvalue weighted by atomic mass is 10.1. The number of aromatic nitrogens is 1. The lowest BCUT2D eigenvalue weighted by Gasteiger charge is -2.14. The normalized spacial score (nSPS) is 13.4. The zero-order valence-electron chi connectivity index (χ0n) is 15.9. The van der Waals surface area contributed by atoms with Crippen molar-refractivity contribution >= 4 is 39.3 Å². The Morgan fingerprint density at radius 2 is 1.13 bits per heavy atom. The third kappa shape index (κ3) is 2.16. The summed E-state index contributed by atoms with van der Waals surface area (Å²) in [7, 11) is 0. The van der Waals surface area contributed by atoms with Crippen molar-refractivity contribution < 1.29 is 9.59 Å². The van der Waals surface area contributed by atoms with E-state index in [9.17, 15) is 9.59 Å². The maximum Gasteiger partial charge on any atom is 0.268 e. The van der Waals surface area contributed by atoms with Crippen LogP contribution in [0.25, 0.3) is 27.5 Å². The quantitative estimate of drug-likeness (QED) is 0.370. The highest BCUT2D eigenvalue weighted by atomic mass is 16.2. The summed E-state index contributed by atoms with van der Waals surface area (Å²) < 4.78 is 2.09. The van der Waals surface area contributed by atoms with Gasteiger partial charge in [-0.15, -0.1) is 0 Å². The molecule has 0 saturated carbocycles. The third-order valence-electron chi connectivity index (χ3n) is 5.73. The SMILES string of the molecule is O=C1c2cccc(-n3c4ccccc4c4ccccc43)c2C(=O)N1c1ccccc1. The van der Waals surface area contributed by atoms with Gasteiger partial charge >= 0.3 is 0 Å². The fraction of sp³-hybridized carbons (Fsp3) is 0. The Kier molecular flexibility index (Phi) is 3.44. The van der Waals surface area contributed by atoms with Crippen LogP contribution in [0.3, 0.4) is 0 Å². The Balaban J connectivity index is 1.66. The van der Waals surface area contributed by atoms with Crippen molar-refractivity contribution in [3.05, 3.63) is 108 Å². The molecule has 2 amide bonds. The van der Waals surface area contributed by atoms with E-state index < -0.39 is 0 Å². The summed E-state index contributed by atoms with van der Waals surface area (Å²) in [4.78, 5) is 27.9. The molecule has 0 saturated heterocycles. The predicted molar refractivity (Wildman–Crippen MR) is 118 cm³/mol. The van der Waals surface area contributed by atoms with Crippen LogP contribution < -0.4 is 4.90 Å². The Morgan fingerprint density at radius 1 is 0.533 bits per heavy atom. The van der Waals surface area contributed by atoms with Crippen LogP contribution in [0.5, 0.6) is 0 Å². The number of carbonyl (C=O) groups excluding carboxylic acids is 2. The van der Waals surface area contributed by atoms with Gasteiger partial charge in [-0.25, -0.2) is 4.90 Å². The summed E-state index contributed by atoms with van der Waals surface area (Å²) in [5.41, 5.74) is 4.19. The lowest BCUT2D eigenvalue weighted by Crippen LogP contribution is -2.29. The number of hydrogen-bond donors (Lipinski definition) is 0. The van der Waals surface area contributed by atoms with Crippen molar-refractivity contribution in [2.75, 3.05) is 4.90 Å². The summed E-state index contributed by atoms with van der Waals surface area (Å²) in [6.45, 7) is 0. The molecule has 0 atom stereocenters. The van der Waals surface area contributed by atoms with Crippen LogP contribution in [0.4, 0.5) is 5.69 Å². The van der Waals surface area contributed by atoms with E-state index in [1.807, 2.05) is 66.7 Å². The van der Waals surface area contributed by atoms with E-state index in [1.54, 1.807) is 18.2 Å². The molecule has 2 heterocycles. The van der Waals surface area contributed by atoms with Crippen LogP contribution in [-0.2, 0) is 0 Å². The minimum absolute atomic E-state index is 0.288. The van der Waals surface area contributed by atoms with Gasteiger partial charge in [0.1, 0.15) is 0 Å². The van der Waals surface area contributed by atoms with Crippen molar-refractivity contribution in [3.8, 4) is 5.69 Å². The Morgan fingerprint density at radius 3 is 1.80 bits per heavy atom. The summed E-state index contributed by atoms with van der Waals surface area (Å²) in [6.07, 6.45) is 0. The molecule has 1 aliphatic rings. The van der Waals surface area contributed by atoms with E-state index >= 15 is 0 Å². The van der Waals surface area contributed by atoms with E-state index in [2.05, 4.69) is 16.7 Å². The van der Waals surface area contributed by atoms with E-state index in [1.165, 1.54) is 4.90 Å². The van der Waals surface area contributed by atoms with E-state index in [4.69, 9.17) is 0 Å². The van der Waals surface area contributed by atoms with Crippen molar-refractivity contribution in [2.45, 2.75) is 0 Å². The highest BCUT2D eigenvalue weighted by Crippen LogP contribution is 2.37. The zero-order chi connectivity index (χ0) is 20.2. The van der Waals surface area contributed by atoms with Gasteiger partial charge in [-0.3, -0.25) is 9.59 Å². The molecule has 0 aliphatic carbocycles. The topological polar surface area (TPSA) is 42.3 Å². The first-order valence-corrected chi connectivity index (χ1v) is 9.81. The molecule has 5 aromatic rings. The van der Waals surface area contributed by atoms with Gasteiger partial charge in [-0.2, -0.15) is 0 Å². The van der Waals surface area contributed by atoms with Gasteiger partial charge in [0, 0.05) is 10.8 Å². The molecule has 4 heteroatoms. The fourth-order valence-corrected chi connectivity index (χ4v) is 4.45. The van der Waals surface area contributed by atoms with Gasteiger partial charge < -0.3 is 4.57 Å². The number of rotatable bonds is 2. The standard InChI is InChI=1S/C26H16N2O2/c29-25-20-13-8-16-23(24(20)26(30)27(25)17-9-2-1-3-10-17)28-21-14-6-4-11-18(21)19-12-5-7-15-22(19)28/h1-16H. The molecule has 142 valence electrons. The molecular formula is C26H16N2O2.